The lowest BCUT2D eigenvalue weighted by atomic mass is 9.62. The quantitative estimate of drug-likeness (QED) is 0.436. The van der Waals surface area contributed by atoms with Gasteiger partial charge < -0.3 is 4.74 Å². The number of piperidine rings is 1. The number of ether oxygens (including phenoxy) is 1. The predicted octanol–water partition coefficient (Wildman–Crippen LogP) is 3.77. The van der Waals surface area contributed by atoms with Crippen molar-refractivity contribution in [1.82, 2.24) is 4.90 Å². The van der Waals surface area contributed by atoms with Crippen LogP contribution in [0.25, 0.3) is 0 Å². The van der Waals surface area contributed by atoms with Gasteiger partial charge in [-0.2, -0.15) is 0 Å². The van der Waals surface area contributed by atoms with E-state index in [1.807, 2.05) is 0 Å². The Labute approximate surface area is 150 Å². The Bertz CT molecular complexity index is 733. The maximum absolute atomic E-state index is 12.2. The number of hydrogen-bond acceptors (Lipinski definition) is 3. The first-order chi connectivity index (χ1) is 12.2. The minimum absolute atomic E-state index is 0.200. The minimum Gasteiger partial charge on any atom is -0.445 e. The van der Waals surface area contributed by atoms with E-state index in [1.54, 1.807) is 6.08 Å². The van der Waals surface area contributed by atoms with E-state index in [9.17, 15) is 4.79 Å². The second kappa shape index (κ2) is 6.50. The summed E-state index contributed by atoms with van der Waals surface area (Å²) in [7, 11) is 2.16. The van der Waals surface area contributed by atoms with Crippen molar-refractivity contribution < 1.29 is 9.53 Å². The van der Waals surface area contributed by atoms with Gasteiger partial charge >= 0.3 is 5.97 Å². The first kappa shape index (κ1) is 16.7. The largest absolute Gasteiger partial charge is 0.445 e. The van der Waals surface area contributed by atoms with E-state index in [0.29, 0.717) is 5.92 Å². The Morgan fingerprint density at radius 3 is 2.92 bits per heavy atom. The Morgan fingerprint density at radius 1 is 1.32 bits per heavy atom. The number of fused-ring (bicyclic) bond motifs is 1. The Morgan fingerprint density at radius 2 is 2.20 bits per heavy atom. The highest BCUT2D eigenvalue weighted by molar-refractivity contribution is 5.93. The molecule has 132 valence electrons. The lowest BCUT2D eigenvalue weighted by Gasteiger charge is -2.51. The van der Waals surface area contributed by atoms with Gasteiger partial charge in [-0.25, -0.2) is 4.79 Å². The van der Waals surface area contributed by atoms with E-state index in [-0.39, 0.29) is 12.0 Å². The molecule has 0 aromatic rings. The van der Waals surface area contributed by atoms with Gasteiger partial charge in [-0.15, -0.1) is 0 Å². The summed E-state index contributed by atoms with van der Waals surface area (Å²) in [5.74, 6) is 7.00. The molecule has 0 aromatic carbocycles. The molecule has 0 bridgehead atoms. The fraction of sp³-hybridized carbons (Fsp3) is 0.591. The molecule has 0 spiro atoms. The summed E-state index contributed by atoms with van der Waals surface area (Å²) in [5.41, 5.74) is 2.83. The van der Waals surface area contributed by atoms with Crippen LogP contribution in [-0.2, 0) is 9.53 Å². The van der Waals surface area contributed by atoms with Crippen LogP contribution in [-0.4, -0.2) is 36.1 Å². The third kappa shape index (κ3) is 2.59. The highest BCUT2D eigenvalue weighted by Crippen LogP contribution is 2.55. The van der Waals surface area contributed by atoms with Gasteiger partial charge in [-0.05, 0) is 57.7 Å². The molecule has 25 heavy (non-hydrogen) atoms. The van der Waals surface area contributed by atoms with Crippen LogP contribution < -0.4 is 0 Å². The zero-order chi connectivity index (χ0) is 17.4. The van der Waals surface area contributed by atoms with E-state index in [4.69, 9.17) is 4.74 Å². The van der Waals surface area contributed by atoms with Crippen molar-refractivity contribution in [3.63, 3.8) is 0 Å². The van der Waals surface area contributed by atoms with Crippen LogP contribution in [0.15, 0.2) is 34.9 Å². The standard InChI is InChI=1S/C22H27NO2/c1-3-18-17(13-12-16-9-5-4-6-10-16)19-15-21(24)25-22(18,19)20-11-7-8-14-23(20)2/h5,9,15-16,20H,3-4,6-8,10-11,14H2,1-2H3/t16?,20?,22-/m0/s1. The molecule has 0 N–H and O–H groups in total. The first-order valence-electron chi connectivity index (χ1n) is 9.74. The second-order valence-electron chi connectivity index (χ2n) is 7.65. The van der Waals surface area contributed by atoms with Crippen molar-refractivity contribution in [2.45, 2.75) is 63.5 Å². The molecular formula is C22H27NO2. The normalized spacial score (nSPS) is 34.6. The van der Waals surface area contributed by atoms with Crippen molar-refractivity contribution in [3.8, 4) is 11.8 Å². The molecule has 2 aliphatic heterocycles. The molecule has 3 nitrogen and oxygen atoms in total. The SMILES string of the molecule is CCC1=C(C#CC2C=CCCC2)C2=CC(=O)O[C@]21C1CCCCN1C. The molecule has 2 aliphatic carbocycles. The molecule has 4 aliphatic rings. The van der Waals surface area contributed by atoms with Crippen LogP contribution in [0.2, 0.25) is 0 Å². The van der Waals surface area contributed by atoms with Gasteiger partial charge in [0, 0.05) is 23.1 Å². The molecule has 1 fully saturated rings. The monoisotopic (exact) mass is 337 g/mol. The molecule has 4 rings (SSSR count). The van der Waals surface area contributed by atoms with Crippen molar-refractivity contribution in [3.05, 3.63) is 34.9 Å². The molecule has 2 unspecified atom stereocenters. The van der Waals surface area contributed by atoms with E-state index in [0.717, 1.165) is 37.0 Å². The lowest BCUT2D eigenvalue weighted by molar-refractivity contribution is -0.150. The number of nitrogens with zero attached hydrogens (tertiary/aromatic N) is 1. The number of likely N-dealkylation sites (tertiary alicyclic amines) is 1. The Kier molecular flexibility index (Phi) is 4.33. The van der Waals surface area contributed by atoms with Gasteiger partial charge in [0.15, 0.2) is 5.60 Å². The minimum atomic E-state index is -0.520. The summed E-state index contributed by atoms with van der Waals surface area (Å²) < 4.78 is 5.97. The van der Waals surface area contributed by atoms with Crippen molar-refractivity contribution >= 4 is 5.97 Å². The van der Waals surface area contributed by atoms with Crippen LogP contribution >= 0.6 is 0 Å². The molecule has 0 aromatic heterocycles. The molecule has 0 amide bonds. The summed E-state index contributed by atoms with van der Waals surface area (Å²) in [6.07, 6.45) is 14.1. The third-order valence-corrected chi connectivity index (χ3v) is 6.17. The zero-order valence-corrected chi connectivity index (χ0v) is 15.3. The van der Waals surface area contributed by atoms with Gasteiger partial charge in [-0.3, -0.25) is 4.90 Å². The van der Waals surface area contributed by atoms with Gasteiger partial charge in [0.1, 0.15) is 0 Å². The maximum Gasteiger partial charge on any atom is 0.332 e. The van der Waals surface area contributed by atoms with Crippen LogP contribution in [0.4, 0.5) is 0 Å². The number of esters is 1. The van der Waals surface area contributed by atoms with Gasteiger partial charge in [0.25, 0.3) is 0 Å². The molecular weight excluding hydrogens is 310 g/mol. The number of likely N-dealkylation sites (N-methyl/N-ethyl adjacent to an activating group) is 1. The fourth-order valence-electron chi connectivity index (χ4n) is 4.95. The van der Waals surface area contributed by atoms with Crippen molar-refractivity contribution in [2.24, 2.45) is 5.92 Å². The Hall–Kier alpha value is -1.79. The van der Waals surface area contributed by atoms with Crippen molar-refractivity contribution in [2.75, 3.05) is 13.6 Å². The Balaban J connectivity index is 1.70. The molecule has 3 heteroatoms. The average Bonchev–Trinajstić information content (AvgIpc) is 2.91. The number of hydrogen-bond donors (Lipinski definition) is 0. The van der Waals surface area contributed by atoms with E-state index >= 15 is 0 Å². The second-order valence-corrected chi connectivity index (χ2v) is 7.65. The van der Waals surface area contributed by atoms with Crippen molar-refractivity contribution in [1.29, 1.82) is 0 Å². The predicted molar refractivity (Wildman–Crippen MR) is 98.7 cm³/mol. The summed E-state index contributed by atoms with van der Waals surface area (Å²) in [5, 5.41) is 0. The highest BCUT2D eigenvalue weighted by atomic mass is 16.6. The summed E-state index contributed by atoms with van der Waals surface area (Å²) in [4.78, 5) is 14.5. The number of carbonyl (C=O) groups excluding carboxylic acids is 1. The van der Waals surface area contributed by atoms with Crippen LogP contribution in [0, 0.1) is 17.8 Å². The zero-order valence-electron chi connectivity index (χ0n) is 15.3. The average molecular weight is 337 g/mol. The lowest BCUT2D eigenvalue weighted by Crippen LogP contribution is -2.60. The highest BCUT2D eigenvalue weighted by Gasteiger charge is 2.61. The smallest absolute Gasteiger partial charge is 0.332 e. The van der Waals surface area contributed by atoms with Crippen LogP contribution in [0.1, 0.15) is 51.9 Å². The van der Waals surface area contributed by atoms with Gasteiger partial charge in [-0.1, -0.05) is 37.3 Å². The molecule has 0 saturated carbocycles. The number of rotatable bonds is 2. The number of carbonyl (C=O) groups is 1. The van der Waals surface area contributed by atoms with Gasteiger partial charge in [0.05, 0.1) is 6.04 Å². The summed E-state index contributed by atoms with van der Waals surface area (Å²) >= 11 is 0. The molecule has 3 atom stereocenters. The topological polar surface area (TPSA) is 29.5 Å². The molecule has 0 radical (unpaired) electrons. The van der Waals surface area contributed by atoms with E-state index in [1.165, 1.54) is 31.3 Å². The number of allylic oxidation sites excluding steroid dienone is 2. The van der Waals surface area contributed by atoms with E-state index < -0.39 is 5.60 Å². The maximum atomic E-state index is 12.2. The molecule has 2 heterocycles. The third-order valence-electron chi connectivity index (χ3n) is 6.17. The fourth-order valence-corrected chi connectivity index (χ4v) is 4.95. The van der Waals surface area contributed by atoms with Gasteiger partial charge in [0.2, 0.25) is 0 Å². The molecule has 1 saturated heterocycles. The van der Waals surface area contributed by atoms with E-state index in [2.05, 4.69) is 42.9 Å². The summed E-state index contributed by atoms with van der Waals surface area (Å²) in [6.45, 7) is 3.23. The summed E-state index contributed by atoms with van der Waals surface area (Å²) in [6, 6.07) is 0.258. The first-order valence-corrected chi connectivity index (χ1v) is 9.74. The van der Waals surface area contributed by atoms with Crippen LogP contribution in [0.3, 0.4) is 0 Å². The van der Waals surface area contributed by atoms with Crippen LogP contribution in [0.5, 0.6) is 0 Å².